The number of nitrogens with zero attached hydrogens (tertiary/aromatic N) is 1. The van der Waals surface area contributed by atoms with E-state index in [4.69, 9.17) is 10.00 Å². The molecule has 4 nitrogen and oxygen atoms in total. The lowest BCUT2D eigenvalue weighted by molar-refractivity contribution is 0.0999. The van der Waals surface area contributed by atoms with Gasteiger partial charge in [-0.25, -0.2) is 0 Å². The minimum Gasteiger partial charge on any atom is -0.497 e. The predicted octanol–water partition coefficient (Wildman–Crippen LogP) is 2.58. The van der Waals surface area contributed by atoms with Gasteiger partial charge in [0, 0.05) is 22.2 Å². The Hall–Kier alpha value is -2.28. The van der Waals surface area contributed by atoms with Crippen molar-refractivity contribution in [2.75, 3.05) is 7.11 Å². The fourth-order valence-corrected chi connectivity index (χ4v) is 1.95. The highest BCUT2D eigenvalue weighted by atomic mass is 16.5. The second kappa shape index (κ2) is 4.30. The third-order valence-corrected chi connectivity index (χ3v) is 2.71. The first-order valence-electron chi connectivity index (χ1n) is 5.24. The smallest absolute Gasteiger partial charge is 0.179 e. The van der Waals surface area contributed by atoms with Crippen LogP contribution in [0.2, 0.25) is 0 Å². The van der Waals surface area contributed by atoms with Gasteiger partial charge in [-0.3, -0.25) is 4.79 Å². The van der Waals surface area contributed by atoms with Gasteiger partial charge < -0.3 is 9.72 Å². The van der Waals surface area contributed by atoms with Crippen LogP contribution in [0.25, 0.3) is 10.9 Å². The number of nitriles is 1. The van der Waals surface area contributed by atoms with E-state index in [0.717, 1.165) is 16.6 Å². The molecule has 0 fully saturated rings. The van der Waals surface area contributed by atoms with Crippen LogP contribution < -0.4 is 4.74 Å². The number of aromatic nitrogens is 1. The molecule has 86 valence electrons. The molecule has 0 bridgehead atoms. The SMILES string of the molecule is COc1ccc2[nH]c(C)c(C(=O)CC#N)c2c1. The van der Waals surface area contributed by atoms with Crippen LogP contribution >= 0.6 is 0 Å². The van der Waals surface area contributed by atoms with Crippen molar-refractivity contribution < 1.29 is 9.53 Å². The minimum atomic E-state index is -0.162. The molecule has 4 heteroatoms. The molecule has 1 N–H and O–H groups in total. The summed E-state index contributed by atoms with van der Waals surface area (Å²) in [7, 11) is 1.58. The second-order valence-corrected chi connectivity index (χ2v) is 3.79. The Kier molecular flexibility index (Phi) is 2.84. The zero-order valence-electron chi connectivity index (χ0n) is 9.70. The Morgan fingerprint density at radius 1 is 1.53 bits per heavy atom. The van der Waals surface area contributed by atoms with E-state index in [1.54, 1.807) is 7.11 Å². The van der Waals surface area contributed by atoms with Gasteiger partial charge in [-0.2, -0.15) is 5.26 Å². The van der Waals surface area contributed by atoms with Gasteiger partial charge in [0.05, 0.1) is 19.6 Å². The van der Waals surface area contributed by atoms with E-state index in [9.17, 15) is 4.79 Å². The van der Waals surface area contributed by atoms with Crippen LogP contribution in [-0.2, 0) is 0 Å². The number of hydrogen-bond acceptors (Lipinski definition) is 3. The molecule has 0 saturated carbocycles. The molecule has 0 spiro atoms. The number of H-pyrrole nitrogens is 1. The van der Waals surface area contributed by atoms with Crippen LogP contribution in [0, 0.1) is 18.3 Å². The molecule has 1 aromatic carbocycles. The maximum absolute atomic E-state index is 11.9. The summed E-state index contributed by atoms with van der Waals surface area (Å²) in [5, 5.41) is 9.40. The van der Waals surface area contributed by atoms with Crippen molar-refractivity contribution in [3.05, 3.63) is 29.5 Å². The summed E-state index contributed by atoms with van der Waals surface area (Å²) in [6, 6.07) is 7.39. The van der Waals surface area contributed by atoms with Gasteiger partial charge in [0.25, 0.3) is 0 Å². The highest BCUT2D eigenvalue weighted by Gasteiger charge is 2.15. The number of benzene rings is 1. The third-order valence-electron chi connectivity index (χ3n) is 2.71. The van der Waals surface area contributed by atoms with Gasteiger partial charge in [-0.1, -0.05) is 0 Å². The predicted molar refractivity (Wildman–Crippen MR) is 64.1 cm³/mol. The first-order valence-corrected chi connectivity index (χ1v) is 5.24. The molecule has 0 aliphatic carbocycles. The van der Waals surface area contributed by atoms with E-state index < -0.39 is 0 Å². The van der Waals surface area contributed by atoms with Crippen molar-refractivity contribution in [3.8, 4) is 11.8 Å². The first-order chi connectivity index (χ1) is 8.17. The van der Waals surface area contributed by atoms with Crippen LogP contribution in [0.3, 0.4) is 0 Å². The molecule has 0 saturated heterocycles. The maximum atomic E-state index is 11.9. The van der Waals surface area contributed by atoms with Crippen LogP contribution in [-0.4, -0.2) is 17.9 Å². The van der Waals surface area contributed by atoms with Crippen LogP contribution in [0.15, 0.2) is 18.2 Å². The molecule has 0 aliphatic heterocycles. The Labute approximate surface area is 98.8 Å². The first kappa shape index (κ1) is 11.2. The molecule has 0 aliphatic rings. The van der Waals surface area contributed by atoms with E-state index in [1.165, 1.54) is 0 Å². The standard InChI is InChI=1S/C13H12N2O2/c1-8-13(12(16)5-6-14)10-7-9(17-2)3-4-11(10)15-8/h3-4,7,15H,5H2,1-2H3. The molecule has 0 atom stereocenters. The normalized spacial score (nSPS) is 10.2. The lowest BCUT2D eigenvalue weighted by atomic mass is 10.0. The number of aromatic amines is 1. The average molecular weight is 228 g/mol. The zero-order chi connectivity index (χ0) is 12.4. The average Bonchev–Trinajstić information content (AvgIpc) is 2.64. The number of aryl methyl sites for hydroxylation is 1. The topological polar surface area (TPSA) is 65.9 Å². The summed E-state index contributed by atoms with van der Waals surface area (Å²) in [5.41, 5.74) is 2.25. The highest BCUT2D eigenvalue weighted by Crippen LogP contribution is 2.27. The van der Waals surface area contributed by atoms with Crippen molar-refractivity contribution in [2.45, 2.75) is 13.3 Å². The summed E-state index contributed by atoms with van der Waals surface area (Å²) >= 11 is 0. The molecule has 2 aromatic rings. The van der Waals surface area contributed by atoms with Gasteiger partial charge in [-0.15, -0.1) is 0 Å². The highest BCUT2D eigenvalue weighted by molar-refractivity contribution is 6.10. The summed E-state index contributed by atoms with van der Waals surface area (Å²) in [6.45, 7) is 1.83. The van der Waals surface area contributed by atoms with E-state index >= 15 is 0 Å². The van der Waals surface area contributed by atoms with Gasteiger partial charge in [0.15, 0.2) is 5.78 Å². The fourth-order valence-electron chi connectivity index (χ4n) is 1.95. The molecule has 0 amide bonds. The summed E-state index contributed by atoms with van der Waals surface area (Å²) in [4.78, 5) is 15.0. The van der Waals surface area contributed by atoms with Gasteiger partial charge >= 0.3 is 0 Å². The number of hydrogen-bond donors (Lipinski definition) is 1. The van der Waals surface area contributed by atoms with Gasteiger partial charge in [0.2, 0.25) is 0 Å². The quantitative estimate of drug-likeness (QED) is 0.821. The van der Waals surface area contributed by atoms with Crippen LogP contribution in [0.4, 0.5) is 0 Å². The lowest BCUT2D eigenvalue weighted by Crippen LogP contribution is -1.98. The number of nitrogens with one attached hydrogen (secondary N) is 1. The summed E-state index contributed by atoms with van der Waals surface area (Å²) < 4.78 is 5.14. The monoisotopic (exact) mass is 228 g/mol. The van der Waals surface area contributed by atoms with Gasteiger partial charge in [0.1, 0.15) is 5.75 Å². The van der Waals surface area contributed by atoms with E-state index in [2.05, 4.69) is 4.98 Å². The maximum Gasteiger partial charge on any atom is 0.179 e. The number of fused-ring (bicyclic) bond motifs is 1. The Balaban J connectivity index is 2.65. The number of rotatable bonds is 3. The largest absolute Gasteiger partial charge is 0.497 e. The summed E-state index contributed by atoms with van der Waals surface area (Å²) in [6.07, 6.45) is -0.106. The Morgan fingerprint density at radius 3 is 2.94 bits per heavy atom. The number of ether oxygens (including phenoxy) is 1. The molecule has 1 heterocycles. The second-order valence-electron chi connectivity index (χ2n) is 3.79. The van der Waals surface area contributed by atoms with Crippen LogP contribution in [0.1, 0.15) is 22.5 Å². The molecule has 17 heavy (non-hydrogen) atoms. The fraction of sp³-hybridized carbons (Fsp3) is 0.231. The molecular formula is C13H12N2O2. The molecular weight excluding hydrogens is 216 g/mol. The minimum absolute atomic E-state index is 0.106. The number of ketones is 1. The number of carbonyl (C=O) groups is 1. The molecule has 1 aromatic heterocycles. The van der Waals surface area contributed by atoms with Crippen molar-refractivity contribution in [3.63, 3.8) is 0 Å². The Bertz CT molecular complexity index is 620. The molecule has 0 radical (unpaired) electrons. The van der Waals surface area contributed by atoms with Gasteiger partial charge in [-0.05, 0) is 25.1 Å². The van der Waals surface area contributed by atoms with Crippen molar-refractivity contribution in [1.82, 2.24) is 4.98 Å². The van der Waals surface area contributed by atoms with Crippen molar-refractivity contribution in [2.24, 2.45) is 0 Å². The number of carbonyl (C=O) groups excluding carboxylic acids is 1. The summed E-state index contributed by atoms with van der Waals surface area (Å²) in [5.74, 6) is 0.534. The third kappa shape index (κ3) is 1.87. The van der Waals surface area contributed by atoms with Crippen LogP contribution in [0.5, 0.6) is 5.75 Å². The molecule has 2 rings (SSSR count). The van der Waals surface area contributed by atoms with Crippen molar-refractivity contribution in [1.29, 1.82) is 5.26 Å². The molecule has 0 unspecified atom stereocenters. The number of methoxy groups -OCH3 is 1. The van der Waals surface area contributed by atoms with E-state index in [1.807, 2.05) is 31.2 Å². The zero-order valence-corrected chi connectivity index (χ0v) is 9.70. The van der Waals surface area contributed by atoms with Crippen molar-refractivity contribution >= 4 is 16.7 Å². The lowest BCUT2D eigenvalue weighted by Gasteiger charge is -2.00. The van der Waals surface area contributed by atoms with E-state index in [0.29, 0.717) is 11.3 Å². The Morgan fingerprint density at radius 2 is 2.29 bits per heavy atom. The van der Waals surface area contributed by atoms with E-state index in [-0.39, 0.29) is 12.2 Å². The number of Topliss-reactive ketones (excluding diaryl/α,β-unsaturated/α-hetero) is 1.